The highest BCUT2D eigenvalue weighted by molar-refractivity contribution is 7.86. The first-order chi connectivity index (χ1) is 12.9. The average molecular weight is 430 g/mol. The second-order valence-corrected chi connectivity index (χ2v) is 7.77. The van der Waals surface area contributed by atoms with Crippen molar-refractivity contribution in [2.75, 3.05) is 26.0 Å². The Morgan fingerprint density at radius 1 is 0.964 bits per heavy atom. The maximum atomic E-state index is 11.1. The van der Waals surface area contributed by atoms with Crippen molar-refractivity contribution in [1.82, 2.24) is 0 Å². The van der Waals surface area contributed by atoms with Gasteiger partial charge in [-0.2, -0.15) is 8.42 Å². The van der Waals surface area contributed by atoms with Gasteiger partial charge in [0.05, 0.1) is 19.0 Å². The number of nitrogens with two attached hydrogens (primary N) is 1. The summed E-state index contributed by atoms with van der Waals surface area (Å²) >= 11 is 0. The molecule has 6 nitrogen and oxygen atoms in total. The van der Waals surface area contributed by atoms with Crippen LogP contribution in [0.2, 0.25) is 0 Å². The third-order valence-electron chi connectivity index (χ3n) is 3.88. The Morgan fingerprint density at radius 2 is 1.54 bits per heavy atom. The summed E-state index contributed by atoms with van der Waals surface area (Å²) in [6.45, 7) is 3.65. The molecule has 0 aliphatic carbocycles. The van der Waals surface area contributed by atoms with E-state index in [0.29, 0.717) is 31.9 Å². The van der Waals surface area contributed by atoms with Crippen LogP contribution in [0.1, 0.15) is 18.1 Å². The standard InChI is InChI=1S/C20H27NO5S.ClH/c1-3-24-20(15-21)14-17-6-8-18(9-7-17)25-13-12-16-4-10-19(11-5-16)26-27(2,22)23;/h4-11,20H,3,12-15,21H2,1-2H3;1H. The Bertz CT molecular complexity index is 794. The van der Waals surface area contributed by atoms with E-state index in [-0.39, 0.29) is 18.5 Å². The number of hydrogen-bond donors (Lipinski definition) is 1. The van der Waals surface area contributed by atoms with Gasteiger partial charge in [-0.3, -0.25) is 0 Å². The molecule has 2 rings (SSSR count). The zero-order valence-electron chi connectivity index (χ0n) is 16.2. The van der Waals surface area contributed by atoms with Gasteiger partial charge in [0.25, 0.3) is 0 Å². The van der Waals surface area contributed by atoms with Crippen LogP contribution in [0.3, 0.4) is 0 Å². The van der Waals surface area contributed by atoms with Gasteiger partial charge < -0.3 is 19.4 Å². The Hall–Kier alpha value is -1.80. The van der Waals surface area contributed by atoms with E-state index < -0.39 is 10.1 Å². The van der Waals surface area contributed by atoms with E-state index in [0.717, 1.165) is 29.6 Å². The lowest BCUT2D eigenvalue weighted by atomic mass is 10.1. The van der Waals surface area contributed by atoms with E-state index >= 15 is 0 Å². The Kier molecular flexibility index (Phi) is 10.3. The molecule has 0 saturated carbocycles. The van der Waals surface area contributed by atoms with Gasteiger partial charge in [0.2, 0.25) is 0 Å². The highest BCUT2D eigenvalue weighted by Gasteiger charge is 2.07. The van der Waals surface area contributed by atoms with Crippen molar-refractivity contribution < 1.29 is 22.1 Å². The van der Waals surface area contributed by atoms with Crippen LogP contribution < -0.4 is 14.7 Å². The van der Waals surface area contributed by atoms with Gasteiger partial charge in [0.15, 0.2) is 0 Å². The zero-order valence-corrected chi connectivity index (χ0v) is 17.8. The number of halogens is 1. The lowest BCUT2D eigenvalue weighted by molar-refractivity contribution is 0.0694. The van der Waals surface area contributed by atoms with Crippen LogP contribution in [0.25, 0.3) is 0 Å². The number of hydrogen-bond acceptors (Lipinski definition) is 6. The van der Waals surface area contributed by atoms with Gasteiger partial charge >= 0.3 is 10.1 Å². The fourth-order valence-corrected chi connectivity index (χ4v) is 3.06. The number of rotatable bonds is 11. The second-order valence-electron chi connectivity index (χ2n) is 6.19. The predicted molar refractivity (Wildman–Crippen MR) is 113 cm³/mol. The molecule has 156 valence electrons. The molecular formula is C20H28ClNO5S. The zero-order chi connectivity index (χ0) is 19.7. The fraction of sp³-hybridized carbons (Fsp3) is 0.400. The molecule has 0 radical (unpaired) electrons. The molecule has 28 heavy (non-hydrogen) atoms. The molecule has 0 aromatic heterocycles. The van der Waals surface area contributed by atoms with Crippen LogP contribution in [0.5, 0.6) is 11.5 Å². The van der Waals surface area contributed by atoms with Crippen molar-refractivity contribution in [3.05, 3.63) is 59.7 Å². The summed E-state index contributed by atoms with van der Waals surface area (Å²) in [7, 11) is -3.50. The van der Waals surface area contributed by atoms with E-state index in [1.165, 1.54) is 0 Å². The van der Waals surface area contributed by atoms with Crippen molar-refractivity contribution in [3.8, 4) is 11.5 Å². The molecule has 0 aliphatic heterocycles. The van der Waals surface area contributed by atoms with Gasteiger partial charge in [-0.1, -0.05) is 24.3 Å². The number of benzene rings is 2. The van der Waals surface area contributed by atoms with E-state index in [1.54, 1.807) is 12.1 Å². The summed E-state index contributed by atoms with van der Waals surface area (Å²) in [5.41, 5.74) is 7.91. The van der Waals surface area contributed by atoms with Crippen LogP contribution in [-0.2, 0) is 27.7 Å². The minimum Gasteiger partial charge on any atom is -0.493 e. The van der Waals surface area contributed by atoms with Gasteiger partial charge in [-0.25, -0.2) is 0 Å². The van der Waals surface area contributed by atoms with Crippen molar-refractivity contribution in [2.45, 2.75) is 25.9 Å². The van der Waals surface area contributed by atoms with E-state index in [1.807, 2.05) is 43.3 Å². The topological polar surface area (TPSA) is 87.8 Å². The van der Waals surface area contributed by atoms with Crippen LogP contribution >= 0.6 is 12.4 Å². The molecule has 0 fully saturated rings. The van der Waals surface area contributed by atoms with Crippen LogP contribution in [0, 0.1) is 0 Å². The largest absolute Gasteiger partial charge is 0.493 e. The van der Waals surface area contributed by atoms with Crippen molar-refractivity contribution in [1.29, 1.82) is 0 Å². The quantitative estimate of drug-likeness (QED) is 0.552. The summed E-state index contributed by atoms with van der Waals surface area (Å²) in [6.07, 6.45) is 2.55. The highest BCUT2D eigenvalue weighted by Crippen LogP contribution is 2.16. The Morgan fingerprint density at radius 3 is 2.07 bits per heavy atom. The lowest BCUT2D eigenvalue weighted by Crippen LogP contribution is -2.26. The molecule has 2 aromatic carbocycles. The number of ether oxygens (including phenoxy) is 2. The van der Waals surface area contributed by atoms with E-state index in [2.05, 4.69) is 0 Å². The molecule has 0 amide bonds. The minimum absolute atomic E-state index is 0. The molecule has 0 spiro atoms. The third-order valence-corrected chi connectivity index (χ3v) is 4.38. The molecule has 2 aromatic rings. The van der Waals surface area contributed by atoms with Crippen molar-refractivity contribution in [3.63, 3.8) is 0 Å². The first kappa shape index (κ1) is 24.2. The van der Waals surface area contributed by atoms with Gasteiger partial charge in [0.1, 0.15) is 11.5 Å². The fourth-order valence-electron chi connectivity index (χ4n) is 2.60. The van der Waals surface area contributed by atoms with Gasteiger partial charge in [-0.05, 0) is 48.7 Å². The van der Waals surface area contributed by atoms with Crippen molar-refractivity contribution >= 4 is 22.5 Å². The Balaban J connectivity index is 0.00000392. The summed E-state index contributed by atoms with van der Waals surface area (Å²) in [4.78, 5) is 0. The van der Waals surface area contributed by atoms with Gasteiger partial charge in [-0.15, -0.1) is 12.4 Å². The lowest BCUT2D eigenvalue weighted by Gasteiger charge is -2.15. The van der Waals surface area contributed by atoms with Gasteiger partial charge in [0, 0.05) is 19.6 Å². The second kappa shape index (κ2) is 11.9. The molecule has 0 bridgehead atoms. The minimum atomic E-state index is -3.50. The molecule has 1 unspecified atom stereocenters. The molecule has 8 heteroatoms. The van der Waals surface area contributed by atoms with Crippen LogP contribution in [0.4, 0.5) is 0 Å². The predicted octanol–water partition coefficient (Wildman–Crippen LogP) is 2.97. The molecule has 0 saturated heterocycles. The smallest absolute Gasteiger partial charge is 0.306 e. The van der Waals surface area contributed by atoms with Crippen LogP contribution in [-0.4, -0.2) is 40.5 Å². The average Bonchev–Trinajstić information content (AvgIpc) is 2.63. The normalized spacial score (nSPS) is 12.1. The van der Waals surface area contributed by atoms with Crippen LogP contribution in [0.15, 0.2) is 48.5 Å². The molecule has 0 heterocycles. The van der Waals surface area contributed by atoms with E-state index in [9.17, 15) is 8.42 Å². The first-order valence-electron chi connectivity index (χ1n) is 8.91. The molecule has 1 atom stereocenters. The summed E-state index contributed by atoms with van der Waals surface area (Å²) in [5.74, 6) is 1.11. The van der Waals surface area contributed by atoms with E-state index in [4.69, 9.17) is 19.4 Å². The summed E-state index contributed by atoms with van der Waals surface area (Å²) < 4.78 is 38.3. The molecular weight excluding hydrogens is 402 g/mol. The summed E-state index contributed by atoms with van der Waals surface area (Å²) in [6, 6.07) is 14.9. The maximum absolute atomic E-state index is 11.1. The maximum Gasteiger partial charge on any atom is 0.306 e. The third kappa shape index (κ3) is 8.93. The monoisotopic (exact) mass is 429 g/mol. The summed E-state index contributed by atoms with van der Waals surface area (Å²) in [5, 5.41) is 0. The van der Waals surface area contributed by atoms with Crippen molar-refractivity contribution in [2.24, 2.45) is 5.73 Å². The SMILES string of the molecule is CCOC(CN)Cc1ccc(OCCc2ccc(OS(C)(=O)=O)cc2)cc1.Cl. The Labute approximate surface area is 173 Å². The first-order valence-corrected chi connectivity index (χ1v) is 10.7. The molecule has 0 aliphatic rings. The highest BCUT2D eigenvalue weighted by atomic mass is 35.5. The molecule has 2 N–H and O–H groups in total.